The van der Waals surface area contributed by atoms with Gasteiger partial charge in [-0.15, -0.1) is 0 Å². The number of halogens is 2. The highest BCUT2D eigenvalue weighted by Crippen LogP contribution is 2.32. The van der Waals surface area contributed by atoms with Crippen molar-refractivity contribution in [1.29, 1.82) is 0 Å². The van der Waals surface area contributed by atoms with Gasteiger partial charge in [0.1, 0.15) is 10.9 Å². The first-order chi connectivity index (χ1) is 9.38. The molecule has 0 aliphatic heterocycles. The third kappa shape index (κ3) is 3.17. The fourth-order valence-electron chi connectivity index (χ4n) is 2.08. The molecule has 0 amide bonds. The van der Waals surface area contributed by atoms with E-state index < -0.39 is 0 Å². The average Bonchev–Trinajstić information content (AvgIpc) is 2.33. The van der Waals surface area contributed by atoms with Gasteiger partial charge < -0.3 is 10.4 Å². The molecule has 0 aliphatic carbocycles. The van der Waals surface area contributed by atoms with Crippen LogP contribution in [0.3, 0.4) is 0 Å². The molecule has 3 nitrogen and oxygen atoms in total. The lowest BCUT2D eigenvalue weighted by molar-refractivity contribution is 0.465. The highest BCUT2D eigenvalue weighted by atomic mass is 35.5. The Morgan fingerprint density at radius 1 is 1.20 bits per heavy atom. The molecule has 1 aromatic heterocycles. The molecule has 1 atom stereocenters. The first kappa shape index (κ1) is 14.9. The fourth-order valence-corrected chi connectivity index (χ4v) is 2.67. The number of aromatic nitrogens is 1. The van der Waals surface area contributed by atoms with Crippen LogP contribution in [0.5, 0.6) is 5.75 Å². The van der Waals surface area contributed by atoms with Crippen LogP contribution in [0.15, 0.2) is 24.3 Å². The van der Waals surface area contributed by atoms with E-state index in [2.05, 4.69) is 10.3 Å². The summed E-state index contributed by atoms with van der Waals surface area (Å²) in [6, 6.07) is 7.24. The van der Waals surface area contributed by atoms with E-state index in [0.29, 0.717) is 10.3 Å². The minimum atomic E-state index is -0.102. The van der Waals surface area contributed by atoms with Crippen LogP contribution in [-0.4, -0.2) is 10.1 Å². The number of nitrogens with one attached hydrogen (secondary N) is 1. The van der Waals surface area contributed by atoms with Crippen molar-refractivity contribution in [3.8, 4) is 5.75 Å². The summed E-state index contributed by atoms with van der Waals surface area (Å²) in [5.41, 5.74) is 3.46. The maximum absolute atomic E-state index is 10.0. The molecule has 0 fully saturated rings. The van der Waals surface area contributed by atoms with Gasteiger partial charge in [0.05, 0.1) is 11.7 Å². The first-order valence-corrected chi connectivity index (χ1v) is 7.02. The quantitative estimate of drug-likeness (QED) is 0.794. The third-order valence-corrected chi connectivity index (χ3v) is 3.62. The highest BCUT2D eigenvalue weighted by Gasteiger charge is 2.14. The van der Waals surface area contributed by atoms with Gasteiger partial charge in [0.25, 0.3) is 0 Å². The smallest absolute Gasteiger partial charge is 0.154 e. The molecule has 2 rings (SSSR count). The predicted octanol–water partition coefficient (Wildman–Crippen LogP) is 4.88. The van der Waals surface area contributed by atoms with Crippen molar-refractivity contribution in [1.82, 2.24) is 4.98 Å². The van der Waals surface area contributed by atoms with E-state index in [1.807, 2.05) is 32.9 Å². The Morgan fingerprint density at radius 3 is 2.50 bits per heavy atom. The molecule has 0 saturated carbocycles. The molecule has 0 bridgehead atoms. The van der Waals surface area contributed by atoms with Gasteiger partial charge >= 0.3 is 0 Å². The number of aryl methyl sites for hydroxylation is 2. The molecule has 2 N–H and O–H groups in total. The normalized spacial score (nSPS) is 12.2. The summed E-state index contributed by atoms with van der Waals surface area (Å²) >= 11 is 12.0. The molecule has 1 unspecified atom stereocenters. The maximum Gasteiger partial charge on any atom is 0.154 e. The number of benzene rings is 1. The summed E-state index contributed by atoms with van der Waals surface area (Å²) in [6.07, 6.45) is 0. The average molecular weight is 311 g/mol. The number of anilines is 1. The second-order valence-electron chi connectivity index (χ2n) is 4.86. The molecule has 20 heavy (non-hydrogen) atoms. The van der Waals surface area contributed by atoms with E-state index in [1.165, 1.54) is 0 Å². The number of hydrogen-bond acceptors (Lipinski definition) is 3. The zero-order chi connectivity index (χ0) is 14.9. The van der Waals surface area contributed by atoms with Gasteiger partial charge in [-0.25, -0.2) is 4.98 Å². The van der Waals surface area contributed by atoms with Crippen LogP contribution in [0, 0.1) is 13.8 Å². The number of nitrogens with zero attached hydrogens (tertiary/aromatic N) is 1. The van der Waals surface area contributed by atoms with Gasteiger partial charge in [0, 0.05) is 5.56 Å². The van der Waals surface area contributed by atoms with Crippen molar-refractivity contribution in [2.75, 3.05) is 5.32 Å². The predicted molar refractivity (Wildman–Crippen MR) is 83.9 cm³/mol. The summed E-state index contributed by atoms with van der Waals surface area (Å²) in [4.78, 5) is 4.02. The van der Waals surface area contributed by atoms with E-state index >= 15 is 0 Å². The van der Waals surface area contributed by atoms with Crippen LogP contribution >= 0.6 is 23.2 Å². The van der Waals surface area contributed by atoms with Gasteiger partial charge in [-0.2, -0.15) is 0 Å². The maximum atomic E-state index is 10.0. The number of aromatic hydroxyl groups is 1. The largest absolute Gasteiger partial charge is 0.508 e. The highest BCUT2D eigenvalue weighted by molar-refractivity contribution is 6.34. The van der Waals surface area contributed by atoms with Gasteiger partial charge in [0.15, 0.2) is 5.15 Å². The third-order valence-electron chi connectivity index (χ3n) is 3.15. The minimum absolute atomic E-state index is 0.102. The molecule has 0 radical (unpaired) electrons. The Bertz CT molecular complexity index is 621. The zero-order valence-electron chi connectivity index (χ0n) is 11.5. The monoisotopic (exact) mass is 310 g/mol. The Kier molecular flexibility index (Phi) is 4.41. The summed E-state index contributed by atoms with van der Waals surface area (Å²) in [5, 5.41) is 14.0. The molecule has 1 aromatic carbocycles. The molecule has 5 heteroatoms. The van der Waals surface area contributed by atoms with Gasteiger partial charge in [0.2, 0.25) is 0 Å². The number of rotatable bonds is 3. The van der Waals surface area contributed by atoms with Crippen LogP contribution in [0.4, 0.5) is 5.69 Å². The molecule has 2 aromatic rings. The Hall–Kier alpha value is -1.45. The van der Waals surface area contributed by atoms with Crippen LogP contribution in [0.2, 0.25) is 10.3 Å². The molecule has 0 spiro atoms. The van der Waals surface area contributed by atoms with E-state index in [-0.39, 0.29) is 11.8 Å². The topological polar surface area (TPSA) is 45.2 Å². The van der Waals surface area contributed by atoms with Crippen molar-refractivity contribution in [3.05, 3.63) is 51.3 Å². The van der Waals surface area contributed by atoms with E-state index in [9.17, 15) is 5.11 Å². The van der Waals surface area contributed by atoms with Gasteiger partial charge in [-0.3, -0.25) is 0 Å². The van der Waals surface area contributed by atoms with Crippen LogP contribution in [-0.2, 0) is 0 Å². The number of phenols is 1. The lowest BCUT2D eigenvalue weighted by Gasteiger charge is -2.19. The van der Waals surface area contributed by atoms with Crippen LogP contribution < -0.4 is 5.32 Å². The minimum Gasteiger partial charge on any atom is -0.508 e. The number of phenolic OH excluding ortho intramolecular Hbond substituents is 1. The SMILES string of the molecule is Cc1ccc(C(C)Nc2c(C)cc(Cl)nc2Cl)c(O)c1. The van der Waals surface area contributed by atoms with Gasteiger partial charge in [-0.1, -0.05) is 35.3 Å². The number of hydrogen-bond donors (Lipinski definition) is 2. The Balaban J connectivity index is 2.30. The molecular weight excluding hydrogens is 295 g/mol. The summed E-state index contributed by atoms with van der Waals surface area (Å²) in [7, 11) is 0. The van der Waals surface area contributed by atoms with Crippen LogP contribution in [0.25, 0.3) is 0 Å². The molecule has 0 saturated heterocycles. The van der Waals surface area contributed by atoms with Gasteiger partial charge in [-0.05, 0) is 44.0 Å². The molecule has 0 aliphatic rings. The summed E-state index contributed by atoms with van der Waals surface area (Å²) in [6.45, 7) is 5.80. The summed E-state index contributed by atoms with van der Waals surface area (Å²) in [5.74, 6) is 0.265. The Labute approximate surface area is 128 Å². The van der Waals surface area contributed by atoms with Crippen molar-refractivity contribution in [2.45, 2.75) is 26.8 Å². The van der Waals surface area contributed by atoms with Crippen molar-refractivity contribution in [2.24, 2.45) is 0 Å². The summed E-state index contributed by atoms with van der Waals surface area (Å²) < 4.78 is 0. The standard InChI is InChI=1S/C15H16Cl2N2O/c1-8-4-5-11(12(20)6-8)10(3)18-14-9(2)7-13(16)19-15(14)17/h4-7,10,18,20H,1-3H3. The second kappa shape index (κ2) is 5.90. The zero-order valence-corrected chi connectivity index (χ0v) is 13.0. The van der Waals surface area contributed by atoms with E-state index in [1.54, 1.807) is 12.1 Å². The molecule has 1 heterocycles. The lowest BCUT2D eigenvalue weighted by atomic mass is 10.0. The van der Waals surface area contributed by atoms with E-state index in [4.69, 9.17) is 23.2 Å². The molecular formula is C15H16Cl2N2O. The van der Waals surface area contributed by atoms with Crippen molar-refractivity contribution < 1.29 is 5.11 Å². The van der Waals surface area contributed by atoms with Crippen LogP contribution in [0.1, 0.15) is 29.7 Å². The van der Waals surface area contributed by atoms with Crippen molar-refractivity contribution >= 4 is 28.9 Å². The first-order valence-electron chi connectivity index (χ1n) is 6.27. The molecule has 106 valence electrons. The lowest BCUT2D eigenvalue weighted by Crippen LogP contribution is -2.09. The van der Waals surface area contributed by atoms with E-state index in [0.717, 1.165) is 22.4 Å². The Morgan fingerprint density at radius 2 is 1.90 bits per heavy atom. The van der Waals surface area contributed by atoms with Crippen molar-refractivity contribution in [3.63, 3.8) is 0 Å². The fraction of sp³-hybridized carbons (Fsp3) is 0.267. The number of pyridine rings is 1. The second-order valence-corrected chi connectivity index (χ2v) is 5.60.